The smallest absolute Gasteiger partial charge is 0.222 e. The third-order valence-electron chi connectivity index (χ3n) is 4.34. The Morgan fingerprint density at radius 2 is 2.10 bits per heavy atom. The number of rotatable bonds is 1. The Morgan fingerprint density at radius 1 is 1.29 bits per heavy atom. The van der Waals surface area contributed by atoms with Crippen molar-refractivity contribution in [1.29, 1.82) is 0 Å². The van der Waals surface area contributed by atoms with E-state index < -0.39 is 0 Å². The van der Waals surface area contributed by atoms with Gasteiger partial charge in [0, 0.05) is 30.6 Å². The lowest BCUT2D eigenvalue weighted by atomic mass is 9.95. The molecule has 2 aromatic rings. The molecule has 0 bridgehead atoms. The summed E-state index contributed by atoms with van der Waals surface area (Å²) >= 11 is 0. The molecule has 1 aromatic carbocycles. The Balaban J connectivity index is 2.04. The highest BCUT2D eigenvalue weighted by molar-refractivity contribution is 5.80. The first-order chi connectivity index (χ1) is 10.1. The van der Waals surface area contributed by atoms with E-state index in [1.807, 2.05) is 26.1 Å². The van der Waals surface area contributed by atoms with Gasteiger partial charge in [0.1, 0.15) is 0 Å². The van der Waals surface area contributed by atoms with Gasteiger partial charge in [-0.25, -0.2) is 0 Å². The van der Waals surface area contributed by atoms with Gasteiger partial charge in [0.05, 0.1) is 11.6 Å². The molecule has 2 atom stereocenters. The molecular formula is C17H21N3O. The van der Waals surface area contributed by atoms with Crippen molar-refractivity contribution in [3.05, 3.63) is 41.6 Å². The number of hydrogen-bond donors (Lipinski definition) is 1. The number of likely N-dealkylation sites (tertiary alicyclic amines) is 1. The molecule has 1 saturated heterocycles. The molecule has 2 heterocycles. The molecule has 4 heteroatoms. The predicted molar refractivity (Wildman–Crippen MR) is 83.8 cm³/mol. The highest BCUT2D eigenvalue weighted by Crippen LogP contribution is 2.30. The van der Waals surface area contributed by atoms with Gasteiger partial charge in [0.2, 0.25) is 5.91 Å². The number of aromatic nitrogens is 1. The minimum Gasteiger partial charge on any atom is -0.337 e. The summed E-state index contributed by atoms with van der Waals surface area (Å²) in [5.74, 6) is 0.176. The summed E-state index contributed by atoms with van der Waals surface area (Å²) in [6.45, 7) is 1.99. The average Bonchev–Trinajstić information content (AvgIpc) is 2.58. The molecule has 1 fully saturated rings. The van der Waals surface area contributed by atoms with Crippen LogP contribution in [0.5, 0.6) is 0 Å². The van der Waals surface area contributed by atoms with Gasteiger partial charge in [0.25, 0.3) is 0 Å². The van der Waals surface area contributed by atoms with Crippen LogP contribution < -0.4 is 5.73 Å². The van der Waals surface area contributed by atoms with Crippen LogP contribution in [0.3, 0.4) is 0 Å². The number of carbonyl (C=O) groups is 1. The van der Waals surface area contributed by atoms with E-state index in [0.29, 0.717) is 6.42 Å². The minimum absolute atomic E-state index is 0.0164. The van der Waals surface area contributed by atoms with Crippen LogP contribution in [0, 0.1) is 6.92 Å². The fraction of sp³-hybridized carbons (Fsp3) is 0.412. The molecule has 0 spiro atoms. The van der Waals surface area contributed by atoms with Crippen LogP contribution in [-0.4, -0.2) is 28.9 Å². The summed E-state index contributed by atoms with van der Waals surface area (Å²) in [6, 6.07) is 10.2. The summed E-state index contributed by atoms with van der Waals surface area (Å²) in [6.07, 6.45) is 2.34. The highest BCUT2D eigenvalue weighted by atomic mass is 16.2. The van der Waals surface area contributed by atoms with Crippen molar-refractivity contribution in [2.24, 2.45) is 5.73 Å². The fourth-order valence-electron chi connectivity index (χ4n) is 3.17. The standard InChI is InChI=1S/C17H21N3O/c1-11-6-7-12-10-13(8-9-15(12)19-11)17-14(18)4-3-5-16(21)20(17)2/h6-10,14,17H,3-5,18H2,1-2H3. The van der Waals surface area contributed by atoms with Crippen molar-refractivity contribution in [2.75, 3.05) is 7.05 Å². The zero-order chi connectivity index (χ0) is 15.0. The zero-order valence-corrected chi connectivity index (χ0v) is 12.5. The largest absolute Gasteiger partial charge is 0.337 e. The third-order valence-corrected chi connectivity index (χ3v) is 4.34. The van der Waals surface area contributed by atoms with E-state index in [4.69, 9.17) is 5.73 Å². The lowest BCUT2D eigenvalue weighted by molar-refractivity contribution is -0.131. The quantitative estimate of drug-likeness (QED) is 0.875. The monoisotopic (exact) mass is 283 g/mol. The molecule has 1 amide bonds. The Hall–Kier alpha value is -1.94. The van der Waals surface area contributed by atoms with Crippen molar-refractivity contribution in [3.63, 3.8) is 0 Å². The lowest BCUT2D eigenvalue weighted by Gasteiger charge is -2.31. The number of fused-ring (bicyclic) bond motifs is 1. The molecule has 0 radical (unpaired) electrons. The SMILES string of the molecule is Cc1ccc2cc(C3C(N)CCCC(=O)N3C)ccc2n1. The van der Waals surface area contributed by atoms with Gasteiger partial charge in [0.15, 0.2) is 0 Å². The first-order valence-electron chi connectivity index (χ1n) is 7.45. The Bertz CT molecular complexity index is 683. The van der Waals surface area contributed by atoms with Crippen LogP contribution >= 0.6 is 0 Å². The maximum absolute atomic E-state index is 12.1. The minimum atomic E-state index is -0.0503. The summed E-state index contributed by atoms with van der Waals surface area (Å²) in [7, 11) is 1.86. The zero-order valence-electron chi connectivity index (χ0n) is 12.5. The molecule has 2 unspecified atom stereocenters. The second kappa shape index (κ2) is 5.45. The van der Waals surface area contributed by atoms with E-state index in [0.717, 1.165) is 35.0 Å². The molecule has 0 saturated carbocycles. The topological polar surface area (TPSA) is 59.2 Å². The number of aryl methyl sites for hydroxylation is 1. The fourth-order valence-corrected chi connectivity index (χ4v) is 3.17. The number of amides is 1. The molecule has 0 aliphatic carbocycles. The molecule has 1 aliphatic heterocycles. The van der Waals surface area contributed by atoms with Gasteiger partial charge in [-0.05, 0) is 43.5 Å². The predicted octanol–water partition coefficient (Wildman–Crippen LogP) is 2.55. The third kappa shape index (κ3) is 2.63. The first kappa shape index (κ1) is 14.0. The van der Waals surface area contributed by atoms with Crippen LogP contribution in [0.1, 0.15) is 36.6 Å². The second-order valence-corrected chi connectivity index (χ2v) is 5.91. The van der Waals surface area contributed by atoms with Crippen LogP contribution in [0.25, 0.3) is 10.9 Å². The number of benzene rings is 1. The summed E-state index contributed by atoms with van der Waals surface area (Å²) < 4.78 is 0. The number of hydrogen-bond acceptors (Lipinski definition) is 3. The maximum atomic E-state index is 12.1. The summed E-state index contributed by atoms with van der Waals surface area (Å²) in [5, 5.41) is 1.09. The average molecular weight is 283 g/mol. The molecule has 2 N–H and O–H groups in total. The van der Waals surface area contributed by atoms with Gasteiger partial charge in [-0.1, -0.05) is 12.1 Å². The lowest BCUT2D eigenvalue weighted by Crippen LogP contribution is -2.39. The van der Waals surface area contributed by atoms with E-state index in [1.54, 1.807) is 4.90 Å². The van der Waals surface area contributed by atoms with Crippen molar-refractivity contribution in [3.8, 4) is 0 Å². The number of carbonyl (C=O) groups excluding carboxylic acids is 1. The summed E-state index contributed by atoms with van der Waals surface area (Å²) in [5.41, 5.74) is 9.41. The highest BCUT2D eigenvalue weighted by Gasteiger charge is 2.30. The normalized spacial score (nSPS) is 23.4. The Labute approximate surface area is 125 Å². The van der Waals surface area contributed by atoms with Crippen LogP contribution in [0.15, 0.2) is 30.3 Å². The molecule has 1 aliphatic rings. The molecule has 1 aromatic heterocycles. The first-order valence-corrected chi connectivity index (χ1v) is 7.45. The Kier molecular flexibility index (Phi) is 3.64. The number of likely N-dealkylation sites (N-methyl/N-ethyl adjacent to an activating group) is 1. The van der Waals surface area contributed by atoms with Crippen molar-refractivity contribution >= 4 is 16.8 Å². The number of nitrogens with zero attached hydrogens (tertiary/aromatic N) is 2. The number of nitrogens with two attached hydrogens (primary N) is 1. The summed E-state index contributed by atoms with van der Waals surface area (Å²) in [4.78, 5) is 18.4. The van der Waals surface area contributed by atoms with E-state index in [2.05, 4.69) is 23.2 Å². The van der Waals surface area contributed by atoms with Crippen molar-refractivity contribution in [2.45, 2.75) is 38.3 Å². The molecule has 21 heavy (non-hydrogen) atoms. The molecule has 110 valence electrons. The molecular weight excluding hydrogens is 262 g/mol. The molecule has 3 rings (SSSR count). The van der Waals surface area contributed by atoms with E-state index >= 15 is 0 Å². The van der Waals surface area contributed by atoms with Crippen LogP contribution in [0.4, 0.5) is 0 Å². The maximum Gasteiger partial charge on any atom is 0.222 e. The van der Waals surface area contributed by atoms with Gasteiger partial charge in [-0.2, -0.15) is 0 Å². The van der Waals surface area contributed by atoms with E-state index in [1.165, 1.54) is 0 Å². The van der Waals surface area contributed by atoms with Gasteiger partial charge >= 0.3 is 0 Å². The van der Waals surface area contributed by atoms with Crippen molar-refractivity contribution in [1.82, 2.24) is 9.88 Å². The van der Waals surface area contributed by atoms with Crippen LogP contribution in [-0.2, 0) is 4.79 Å². The number of pyridine rings is 1. The van der Waals surface area contributed by atoms with Gasteiger partial charge < -0.3 is 10.6 Å². The van der Waals surface area contributed by atoms with Gasteiger partial charge in [-0.3, -0.25) is 9.78 Å². The van der Waals surface area contributed by atoms with Gasteiger partial charge in [-0.15, -0.1) is 0 Å². The van der Waals surface area contributed by atoms with Crippen LogP contribution in [0.2, 0.25) is 0 Å². The molecule has 4 nitrogen and oxygen atoms in total. The Morgan fingerprint density at radius 3 is 2.90 bits per heavy atom. The van der Waals surface area contributed by atoms with E-state index in [-0.39, 0.29) is 18.0 Å². The van der Waals surface area contributed by atoms with Crippen molar-refractivity contribution < 1.29 is 4.79 Å². The van der Waals surface area contributed by atoms with E-state index in [9.17, 15) is 4.79 Å². The second-order valence-electron chi connectivity index (χ2n) is 5.91.